The Morgan fingerprint density at radius 3 is 2.50 bits per heavy atom. The molecule has 0 spiro atoms. The quantitative estimate of drug-likeness (QED) is 0.782. The van der Waals surface area contributed by atoms with Gasteiger partial charge >= 0.3 is 0 Å². The van der Waals surface area contributed by atoms with Gasteiger partial charge in [0, 0.05) is 24.9 Å². The minimum Gasteiger partial charge on any atom is -0.497 e. The molecule has 0 bridgehead atoms. The molecule has 2 atom stereocenters. The molecular weight excluding hydrogens is 304 g/mol. The fraction of sp³-hybridized carbons (Fsp3) is 0.316. The van der Waals surface area contributed by atoms with E-state index in [-0.39, 0.29) is 11.9 Å². The number of benzene rings is 2. The molecule has 2 N–H and O–H groups in total. The molecule has 0 radical (unpaired) electrons. The van der Waals surface area contributed by atoms with E-state index in [0.717, 1.165) is 5.56 Å². The molecule has 5 nitrogen and oxygen atoms in total. The van der Waals surface area contributed by atoms with E-state index in [9.17, 15) is 4.79 Å². The second-order valence-corrected chi connectivity index (χ2v) is 5.59. The molecule has 0 fully saturated rings. The number of carbonyl (C=O) groups is 1. The Labute approximate surface area is 143 Å². The largest absolute Gasteiger partial charge is 0.497 e. The average molecular weight is 328 g/mol. The van der Waals surface area contributed by atoms with Crippen molar-refractivity contribution in [3.63, 3.8) is 0 Å². The first-order valence-electron chi connectivity index (χ1n) is 7.89. The van der Waals surface area contributed by atoms with Crippen molar-refractivity contribution in [2.24, 2.45) is 0 Å². The van der Waals surface area contributed by atoms with Crippen LogP contribution in [-0.2, 0) is 9.53 Å². The lowest BCUT2D eigenvalue weighted by molar-refractivity contribution is -0.118. The first kappa shape index (κ1) is 18.0. The first-order chi connectivity index (χ1) is 11.6. The van der Waals surface area contributed by atoms with Crippen molar-refractivity contribution in [2.45, 2.75) is 19.0 Å². The lowest BCUT2D eigenvalue weighted by Gasteiger charge is -2.23. The van der Waals surface area contributed by atoms with E-state index >= 15 is 0 Å². The van der Waals surface area contributed by atoms with Gasteiger partial charge in [0.2, 0.25) is 5.91 Å². The van der Waals surface area contributed by atoms with Crippen molar-refractivity contribution in [3.8, 4) is 5.75 Å². The smallest absolute Gasteiger partial charge is 0.246 e. The summed E-state index contributed by atoms with van der Waals surface area (Å²) in [6, 6.07) is 16.5. The van der Waals surface area contributed by atoms with Crippen LogP contribution in [0.15, 0.2) is 54.6 Å². The maximum absolute atomic E-state index is 12.8. The highest BCUT2D eigenvalue weighted by atomic mass is 16.5. The molecule has 1 amide bonds. The van der Waals surface area contributed by atoms with Crippen molar-refractivity contribution >= 4 is 11.6 Å². The average Bonchev–Trinajstić information content (AvgIpc) is 2.60. The van der Waals surface area contributed by atoms with E-state index in [1.807, 2.05) is 55.5 Å². The molecule has 0 saturated carbocycles. The van der Waals surface area contributed by atoms with Crippen molar-refractivity contribution < 1.29 is 14.3 Å². The number of amides is 1. The number of carbonyl (C=O) groups excluding carboxylic acids is 1. The van der Waals surface area contributed by atoms with E-state index < -0.39 is 6.04 Å². The zero-order chi connectivity index (χ0) is 17.4. The fourth-order valence-electron chi connectivity index (χ4n) is 2.47. The highest BCUT2D eigenvalue weighted by Gasteiger charge is 2.22. The first-order valence-corrected chi connectivity index (χ1v) is 7.89. The zero-order valence-corrected chi connectivity index (χ0v) is 14.3. The number of methoxy groups -OCH3 is 2. The molecule has 0 aromatic heterocycles. The second kappa shape index (κ2) is 9.05. The SMILES string of the molecule is COC[C@@H](C)N[C@@H](C(=O)Nc1cccc(OC)c1)c1ccccc1. The Balaban J connectivity index is 2.17. The Hall–Kier alpha value is -2.37. The highest BCUT2D eigenvalue weighted by molar-refractivity contribution is 5.95. The molecule has 0 heterocycles. The van der Waals surface area contributed by atoms with E-state index in [2.05, 4.69) is 10.6 Å². The van der Waals surface area contributed by atoms with Gasteiger partial charge in [-0.3, -0.25) is 10.1 Å². The topological polar surface area (TPSA) is 59.6 Å². The van der Waals surface area contributed by atoms with Crippen LogP contribution < -0.4 is 15.4 Å². The standard InChI is InChI=1S/C19H24N2O3/c1-14(13-23-2)20-18(15-8-5-4-6-9-15)19(22)21-16-10-7-11-17(12-16)24-3/h4-12,14,18,20H,13H2,1-3H3,(H,21,22)/t14-,18-/m1/s1. The van der Waals surface area contributed by atoms with E-state index in [1.54, 1.807) is 20.3 Å². The summed E-state index contributed by atoms with van der Waals surface area (Å²) in [5.74, 6) is 0.571. The highest BCUT2D eigenvalue weighted by Crippen LogP contribution is 2.20. The number of nitrogens with one attached hydrogen (secondary N) is 2. The molecule has 0 unspecified atom stereocenters. The van der Waals surface area contributed by atoms with Crippen molar-refractivity contribution in [2.75, 3.05) is 26.1 Å². The van der Waals surface area contributed by atoms with Crippen LogP contribution >= 0.6 is 0 Å². The maximum Gasteiger partial charge on any atom is 0.246 e. The number of rotatable bonds is 8. The molecule has 0 saturated heterocycles. The van der Waals surface area contributed by atoms with Gasteiger partial charge in [0.15, 0.2) is 0 Å². The maximum atomic E-state index is 12.8. The molecule has 2 rings (SSSR count). The van der Waals surface area contributed by atoms with Gasteiger partial charge in [0.05, 0.1) is 13.7 Å². The van der Waals surface area contributed by atoms with Crippen molar-refractivity contribution in [1.82, 2.24) is 5.32 Å². The van der Waals surface area contributed by atoms with Gasteiger partial charge in [-0.05, 0) is 24.6 Å². The minimum absolute atomic E-state index is 0.0382. The summed E-state index contributed by atoms with van der Waals surface area (Å²) in [5.41, 5.74) is 1.60. The summed E-state index contributed by atoms with van der Waals surface area (Å²) in [4.78, 5) is 12.8. The van der Waals surface area contributed by atoms with E-state index in [0.29, 0.717) is 18.0 Å². The molecule has 0 aliphatic carbocycles. The Morgan fingerprint density at radius 1 is 1.08 bits per heavy atom. The Morgan fingerprint density at radius 2 is 1.83 bits per heavy atom. The zero-order valence-electron chi connectivity index (χ0n) is 14.3. The monoisotopic (exact) mass is 328 g/mol. The lowest BCUT2D eigenvalue weighted by Crippen LogP contribution is -2.40. The van der Waals surface area contributed by atoms with Gasteiger partial charge in [-0.25, -0.2) is 0 Å². The molecule has 24 heavy (non-hydrogen) atoms. The summed E-state index contributed by atoms with van der Waals surface area (Å²) < 4.78 is 10.4. The number of anilines is 1. The van der Waals surface area contributed by atoms with Crippen LogP contribution in [-0.4, -0.2) is 32.8 Å². The molecule has 0 aliphatic rings. The third-order valence-electron chi connectivity index (χ3n) is 3.60. The number of hydrogen-bond donors (Lipinski definition) is 2. The fourth-order valence-corrected chi connectivity index (χ4v) is 2.47. The van der Waals surface area contributed by atoms with E-state index in [1.165, 1.54) is 0 Å². The third-order valence-corrected chi connectivity index (χ3v) is 3.60. The number of hydrogen-bond acceptors (Lipinski definition) is 4. The van der Waals surface area contributed by atoms with E-state index in [4.69, 9.17) is 9.47 Å². The van der Waals surface area contributed by atoms with Gasteiger partial charge in [-0.1, -0.05) is 36.4 Å². The van der Waals surface area contributed by atoms with Crippen LogP contribution in [0.4, 0.5) is 5.69 Å². The van der Waals surface area contributed by atoms with Crippen molar-refractivity contribution in [3.05, 3.63) is 60.2 Å². The molecular formula is C19H24N2O3. The van der Waals surface area contributed by atoms with Crippen LogP contribution in [0.1, 0.15) is 18.5 Å². The summed E-state index contributed by atoms with van der Waals surface area (Å²) in [5, 5.41) is 6.25. The van der Waals surface area contributed by atoms with Crippen LogP contribution in [0.2, 0.25) is 0 Å². The normalized spacial score (nSPS) is 13.1. The summed E-state index contributed by atoms with van der Waals surface area (Å²) >= 11 is 0. The van der Waals surface area contributed by atoms with Crippen LogP contribution in [0.3, 0.4) is 0 Å². The van der Waals surface area contributed by atoms with Crippen LogP contribution in [0.5, 0.6) is 5.75 Å². The van der Waals surface area contributed by atoms with Gasteiger partial charge in [0.1, 0.15) is 11.8 Å². The molecule has 0 aliphatic heterocycles. The third kappa shape index (κ3) is 5.08. The van der Waals surface area contributed by atoms with Crippen molar-refractivity contribution in [1.29, 1.82) is 0 Å². The Kier molecular flexibility index (Phi) is 6.78. The molecule has 5 heteroatoms. The predicted molar refractivity (Wildman–Crippen MR) is 95.3 cm³/mol. The van der Waals surface area contributed by atoms with Gasteiger partial charge in [-0.15, -0.1) is 0 Å². The van der Waals surface area contributed by atoms with Crippen LogP contribution in [0.25, 0.3) is 0 Å². The molecule has 2 aromatic rings. The number of ether oxygens (including phenoxy) is 2. The second-order valence-electron chi connectivity index (χ2n) is 5.59. The lowest BCUT2D eigenvalue weighted by atomic mass is 10.0. The summed E-state index contributed by atoms with van der Waals surface area (Å²) in [6.07, 6.45) is 0. The molecule has 128 valence electrons. The predicted octanol–water partition coefficient (Wildman–Crippen LogP) is 3.00. The summed E-state index contributed by atoms with van der Waals surface area (Å²) in [6.45, 7) is 2.51. The summed E-state index contributed by atoms with van der Waals surface area (Å²) in [7, 11) is 3.24. The minimum atomic E-state index is -0.470. The van der Waals surface area contributed by atoms with Gasteiger partial charge in [-0.2, -0.15) is 0 Å². The van der Waals surface area contributed by atoms with Gasteiger partial charge < -0.3 is 14.8 Å². The Bertz CT molecular complexity index is 646. The molecule has 2 aromatic carbocycles. The van der Waals surface area contributed by atoms with Crippen LogP contribution in [0, 0.1) is 0 Å². The van der Waals surface area contributed by atoms with Gasteiger partial charge in [0.25, 0.3) is 0 Å².